The van der Waals surface area contributed by atoms with Crippen molar-refractivity contribution >= 4 is 53.7 Å². The minimum absolute atomic E-state index is 0. The molecule has 12 nitrogen and oxygen atoms in total. The summed E-state index contributed by atoms with van der Waals surface area (Å²) in [5, 5.41) is 13.0. The third-order valence-corrected chi connectivity index (χ3v) is 7.97. The molecule has 228 valence electrons. The number of urea groups is 1. The van der Waals surface area contributed by atoms with Crippen molar-refractivity contribution < 1.29 is 19.1 Å². The summed E-state index contributed by atoms with van der Waals surface area (Å²) in [6, 6.07) is 7.25. The number of benzene rings is 1. The van der Waals surface area contributed by atoms with Crippen LogP contribution in [0, 0.1) is 5.92 Å². The van der Waals surface area contributed by atoms with Gasteiger partial charge in [0, 0.05) is 48.6 Å². The second-order valence-corrected chi connectivity index (χ2v) is 11.5. The number of nitrogens with zero attached hydrogens (tertiary/aromatic N) is 5. The lowest BCUT2D eigenvalue weighted by molar-refractivity contribution is 0.0488. The van der Waals surface area contributed by atoms with Crippen LogP contribution < -0.4 is 16.4 Å². The molecule has 2 amide bonds. The zero-order valence-corrected chi connectivity index (χ0v) is 25.9. The van der Waals surface area contributed by atoms with Crippen LogP contribution in [0.25, 0.3) is 10.8 Å². The van der Waals surface area contributed by atoms with Crippen molar-refractivity contribution in [2.75, 3.05) is 51.5 Å². The maximum Gasteiger partial charge on any atom is 0.435 e. The first kappa shape index (κ1) is 31.4. The van der Waals surface area contributed by atoms with E-state index in [1.54, 1.807) is 18.0 Å². The van der Waals surface area contributed by atoms with E-state index in [9.17, 15) is 9.59 Å². The molecule has 1 fully saturated rings. The highest BCUT2D eigenvalue weighted by Gasteiger charge is 2.47. The predicted octanol–water partition coefficient (Wildman–Crippen LogP) is 3.99. The first-order valence-corrected chi connectivity index (χ1v) is 14.1. The topological polar surface area (TPSA) is 140 Å². The zero-order valence-electron chi connectivity index (χ0n) is 24.9. The van der Waals surface area contributed by atoms with Crippen LogP contribution >= 0.6 is 13.5 Å². The van der Waals surface area contributed by atoms with Gasteiger partial charge in [-0.3, -0.25) is 0 Å². The molecule has 3 aromatic rings. The fourth-order valence-electron chi connectivity index (χ4n) is 5.92. The number of carbonyl (C=O) groups is 2. The average Bonchev–Trinajstić information content (AvgIpc) is 3.43. The van der Waals surface area contributed by atoms with Crippen molar-refractivity contribution in [1.29, 1.82) is 0 Å². The lowest BCUT2D eigenvalue weighted by atomic mass is 9.91. The van der Waals surface area contributed by atoms with Crippen LogP contribution in [0.2, 0.25) is 0 Å². The molecule has 2 aliphatic heterocycles. The maximum absolute atomic E-state index is 13.9. The monoisotopic (exact) mass is 598 g/mol. The average molecular weight is 599 g/mol. The van der Waals surface area contributed by atoms with E-state index in [0.717, 1.165) is 35.7 Å². The van der Waals surface area contributed by atoms with Gasteiger partial charge in [-0.15, -0.1) is 5.10 Å². The highest BCUT2D eigenvalue weighted by Crippen LogP contribution is 2.43. The molecule has 0 saturated carbocycles. The number of likely N-dealkylation sites (N-methyl/N-ethyl adjacent to an activating group) is 1. The van der Waals surface area contributed by atoms with E-state index in [-0.39, 0.29) is 38.7 Å². The van der Waals surface area contributed by atoms with Crippen LogP contribution in [-0.2, 0) is 21.6 Å². The van der Waals surface area contributed by atoms with E-state index in [4.69, 9.17) is 15.2 Å². The minimum Gasteiger partial charge on any atom is -0.448 e. The van der Waals surface area contributed by atoms with E-state index in [1.165, 1.54) is 4.68 Å². The normalized spacial score (nSPS) is 17.0. The van der Waals surface area contributed by atoms with Crippen LogP contribution in [0.3, 0.4) is 0 Å². The molecule has 1 atom stereocenters. The summed E-state index contributed by atoms with van der Waals surface area (Å²) in [5.41, 5.74) is 7.13. The summed E-state index contributed by atoms with van der Waals surface area (Å²) in [5.74, 6) is 1.34. The van der Waals surface area contributed by atoms with Gasteiger partial charge in [-0.25, -0.2) is 14.6 Å². The SMILES string of the molecule is CCOC(=O)n1nc(Nc2nccc3cc(N)ccc23)c2c1C(C)(C)N(C(=O)N[C@H](CN(C)C)C1CCOCC1)C2.S. The number of aromatic nitrogens is 3. The van der Waals surface area contributed by atoms with Gasteiger partial charge in [0.1, 0.15) is 5.82 Å². The van der Waals surface area contributed by atoms with Crippen LogP contribution in [0.5, 0.6) is 0 Å². The number of nitrogens with two attached hydrogens (primary N) is 1. The second-order valence-electron chi connectivity index (χ2n) is 11.5. The number of anilines is 3. The summed E-state index contributed by atoms with van der Waals surface area (Å²) in [4.78, 5) is 35.4. The Balaban J connectivity index is 0.00000405. The number of ether oxygens (including phenoxy) is 2. The molecule has 4 N–H and O–H groups in total. The molecule has 5 rings (SSSR count). The fraction of sp³-hybridized carbons (Fsp3) is 0.517. The number of nitrogen functional groups attached to an aromatic ring is 1. The van der Waals surface area contributed by atoms with Crippen molar-refractivity contribution in [3.8, 4) is 0 Å². The molecule has 1 aromatic carbocycles. The molecule has 1 saturated heterocycles. The van der Waals surface area contributed by atoms with Crippen LogP contribution in [0.4, 0.5) is 26.9 Å². The Morgan fingerprint density at radius 1 is 1.21 bits per heavy atom. The Labute approximate surface area is 253 Å². The second kappa shape index (κ2) is 12.8. The number of carbonyl (C=O) groups excluding carboxylic acids is 2. The quantitative estimate of drug-likeness (QED) is 0.344. The molecule has 2 aliphatic rings. The Bertz CT molecular complexity index is 1440. The molecule has 0 bridgehead atoms. The van der Waals surface area contributed by atoms with Gasteiger partial charge in [0.05, 0.1) is 24.4 Å². The highest BCUT2D eigenvalue weighted by atomic mass is 32.1. The lowest BCUT2D eigenvalue weighted by Gasteiger charge is -2.37. The number of rotatable bonds is 7. The Morgan fingerprint density at radius 2 is 1.95 bits per heavy atom. The molecule has 2 aromatic heterocycles. The Hall–Kier alpha value is -3.55. The van der Waals surface area contributed by atoms with Gasteiger partial charge in [0.2, 0.25) is 0 Å². The molecule has 0 radical (unpaired) electrons. The number of hydrogen-bond acceptors (Lipinski definition) is 9. The molecule has 0 aliphatic carbocycles. The first-order chi connectivity index (χ1) is 19.6. The highest BCUT2D eigenvalue weighted by molar-refractivity contribution is 7.59. The zero-order chi connectivity index (χ0) is 29.3. The lowest BCUT2D eigenvalue weighted by Crippen LogP contribution is -2.54. The molecule has 42 heavy (non-hydrogen) atoms. The van der Waals surface area contributed by atoms with Gasteiger partial charge in [-0.1, -0.05) is 0 Å². The van der Waals surface area contributed by atoms with Crippen molar-refractivity contribution in [1.82, 2.24) is 29.9 Å². The molecular weight excluding hydrogens is 556 g/mol. The molecule has 0 unspecified atom stereocenters. The number of pyridine rings is 1. The molecular formula is C29H42N8O4S. The largest absolute Gasteiger partial charge is 0.448 e. The van der Waals surface area contributed by atoms with E-state index >= 15 is 0 Å². The number of nitrogens with one attached hydrogen (secondary N) is 2. The van der Waals surface area contributed by atoms with Gasteiger partial charge in [-0.05, 0) is 83.3 Å². The summed E-state index contributed by atoms with van der Waals surface area (Å²) >= 11 is 0. The van der Waals surface area contributed by atoms with Gasteiger partial charge in [0.15, 0.2) is 5.82 Å². The van der Waals surface area contributed by atoms with Crippen molar-refractivity contribution in [2.24, 2.45) is 5.92 Å². The number of amides is 2. The number of fused-ring (bicyclic) bond motifs is 2. The van der Waals surface area contributed by atoms with Crippen LogP contribution in [-0.4, -0.2) is 83.2 Å². The van der Waals surface area contributed by atoms with E-state index in [0.29, 0.717) is 42.1 Å². The smallest absolute Gasteiger partial charge is 0.435 e. The first-order valence-electron chi connectivity index (χ1n) is 14.1. The summed E-state index contributed by atoms with van der Waals surface area (Å²) in [7, 11) is 4.02. The van der Waals surface area contributed by atoms with E-state index < -0.39 is 11.6 Å². The van der Waals surface area contributed by atoms with Crippen LogP contribution in [0.15, 0.2) is 30.5 Å². The summed E-state index contributed by atoms with van der Waals surface area (Å²) in [6.45, 7) is 8.17. The summed E-state index contributed by atoms with van der Waals surface area (Å²) < 4.78 is 12.2. The molecule has 4 heterocycles. The van der Waals surface area contributed by atoms with Gasteiger partial charge < -0.3 is 35.6 Å². The number of hydrogen-bond donors (Lipinski definition) is 3. The van der Waals surface area contributed by atoms with E-state index in [2.05, 4.69) is 25.6 Å². The Kier molecular flexibility index (Phi) is 9.53. The third kappa shape index (κ3) is 6.13. The van der Waals surface area contributed by atoms with Gasteiger partial charge in [-0.2, -0.15) is 18.2 Å². The summed E-state index contributed by atoms with van der Waals surface area (Å²) in [6.07, 6.45) is 2.89. The van der Waals surface area contributed by atoms with Crippen molar-refractivity contribution in [3.63, 3.8) is 0 Å². The third-order valence-electron chi connectivity index (χ3n) is 7.97. The predicted molar refractivity (Wildman–Crippen MR) is 167 cm³/mol. The Morgan fingerprint density at radius 3 is 2.64 bits per heavy atom. The van der Waals surface area contributed by atoms with Crippen molar-refractivity contribution in [2.45, 2.75) is 51.7 Å². The van der Waals surface area contributed by atoms with Gasteiger partial charge in [0.25, 0.3) is 0 Å². The fourth-order valence-corrected chi connectivity index (χ4v) is 5.92. The standard InChI is InChI=1S/C29H40N8O4.H2S/c1-6-41-28(39)37-24-22(26(34-37)33-25-21-8-7-20(30)15-19(21)9-12-31-25)16-36(29(24,2)3)27(38)32-23(17-35(4)5)18-10-13-40-14-11-18;/h7-9,12,15,18,23H,6,10-11,13-14,16-17,30H2,1-5H3,(H,32,38)(H,31,33,34);1H2/t23-;/m1./s1. The van der Waals surface area contributed by atoms with Crippen LogP contribution in [0.1, 0.15) is 44.9 Å². The van der Waals surface area contributed by atoms with E-state index in [1.807, 2.05) is 52.2 Å². The molecule has 0 spiro atoms. The molecule has 13 heteroatoms. The minimum atomic E-state index is -0.849. The van der Waals surface area contributed by atoms with Crippen molar-refractivity contribution in [3.05, 3.63) is 41.7 Å². The maximum atomic E-state index is 13.9. The van der Waals surface area contributed by atoms with Gasteiger partial charge >= 0.3 is 12.1 Å².